The summed E-state index contributed by atoms with van der Waals surface area (Å²) in [6, 6.07) is 15.9. The van der Waals surface area contributed by atoms with E-state index in [0.29, 0.717) is 11.3 Å². The number of sulfonamides is 1. The number of rotatable bonds is 7. The molecule has 0 saturated heterocycles. The molecule has 2 aromatic carbocycles. The van der Waals surface area contributed by atoms with Crippen molar-refractivity contribution in [2.24, 2.45) is 0 Å². The summed E-state index contributed by atoms with van der Waals surface area (Å²) in [7, 11) is -3.50. The first-order valence-electron chi connectivity index (χ1n) is 8.10. The molecule has 0 unspecified atom stereocenters. The maximum absolute atomic E-state index is 12.1. The molecule has 0 atom stereocenters. The van der Waals surface area contributed by atoms with E-state index in [-0.39, 0.29) is 25.4 Å². The topological polar surface area (TPSA) is 90.3 Å². The number of carbonyl (C=O) groups is 1. The van der Waals surface area contributed by atoms with E-state index >= 15 is 0 Å². The number of benzene rings is 2. The molecule has 1 N–H and O–H groups in total. The quantitative estimate of drug-likeness (QED) is 0.806. The summed E-state index contributed by atoms with van der Waals surface area (Å²) in [4.78, 5) is 12.1. The first-order valence-corrected chi connectivity index (χ1v) is 9.94. The van der Waals surface area contributed by atoms with Gasteiger partial charge in [0.15, 0.2) is 0 Å². The Balaban J connectivity index is 1.97. The Bertz CT molecular complexity index is 916. The van der Waals surface area contributed by atoms with Gasteiger partial charge in [0, 0.05) is 6.54 Å². The van der Waals surface area contributed by atoms with Crippen molar-refractivity contribution in [2.75, 3.05) is 23.7 Å². The minimum absolute atomic E-state index is 0.115. The van der Waals surface area contributed by atoms with Gasteiger partial charge in [0.2, 0.25) is 15.9 Å². The van der Waals surface area contributed by atoms with E-state index in [4.69, 9.17) is 5.26 Å². The second-order valence-electron chi connectivity index (χ2n) is 6.01. The molecule has 0 aliphatic heterocycles. The molecule has 0 aliphatic carbocycles. The number of hydrogen-bond acceptors (Lipinski definition) is 4. The van der Waals surface area contributed by atoms with E-state index in [0.717, 1.165) is 17.4 Å². The molecule has 0 aromatic heterocycles. The predicted molar refractivity (Wildman–Crippen MR) is 101 cm³/mol. The van der Waals surface area contributed by atoms with Crippen LogP contribution in [0.15, 0.2) is 48.5 Å². The van der Waals surface area contributed by atoms with Crippen molar-refractivity contribution in [1.82, 2.24) is 5.32 Å². The monoisotopic (exact) mass is 371 g/mol. The van der Waals surface area contributed by atoms with Crippen LogP contribution < -0.4 is 9.62 Å². The van der Waals surface area contributed by atoms with Crippen molar-refractivity contribution in [3.8, 4) is 6.07 Å². The standard InChI is InChI=1S/C19H21N3O3S/c1-15-4-3-5-17(12-15)13-19(23)21-10-11-22(26(2,24)25)18-8-6-16(14-20)7-9-18/h3-9,12H,10-11,13H2,1-2H3,(H,21,23). The SMILES string of the molecule is Cc1cccc(CC(=O)NCCN(c2ccc(C#N)cc2)S(C)(=O)=O)c1. The van der Waals surface area contributed by atoms with Crippen LogP contribution in [0.5, 0.6) is 0 Å². The number of nitrogens with one attached hydrogen (secondary N) is 1. The summed E-state index contributed by atoms with van der Waals surface area (Å²) in [6.45, 7) is 2.27. The van der Waals surface area contributed by atoms with Crippen molar-refractivity contribution in [1.29, 1.82) is 5.26 Å². The first kappa shape index (κ1) is 19.5. The van der Waals surface area contributed by atoms with Crippen LogP contribution in [0.4, 0.5) is 5.69 Å². The van der Waals surface area contributed by atoms with Gasteiger partial charge in [-0.1, -0.05) is 29.8 Å². The van der Waals surface area contributed by atoms with Gasteiger partial charge in [-0.3, -0.25) is 9.10 Å². The normalized spacial score (nSPS) is 10.8. The molecule has 0 aliphatic rings. The van der Waals surface area contributed by atoms with E-state index in [1.807, 2.05) is 37.3 Å². The van der Waals surface area contributed by atoms with Gasteiger partial charge in [0.05, 0.1) is 36.5 Å². The lowest BCUT2D eigenvalue weighted by molar-refractivity contribution is -0.120. The molecule has 0 spiro atoms. The highest BCUT2D eigenvalue weighted by molar-refractivity contribution is 7.92. The lowest BCUT2D eigenvalue weighted by Crippen LogP contribution is -2.38. The van der Waals surface area contributed by atoms with Crippen LogP contribution in [0.25, 0.3) is 0 Å². The molecule has 0 bridgehead atoms. The second kappa shape index (κ2) is 8.50. The average molecular weight is 371 g/mol. The molecule has 136 valence electrons. The molecule has 0 radical (unpaired) electrons. The lowest BCUT2D eigenvalue weighted by Gasteiger charge is -2.22. The predicted octanol–water partition coefficient (Wildman–Crippen LogP) is 1.99. The number of anilines is 1. The molecule has 1 amide bonds. The molecule has 0 fully saturated rings. The third-order valence-corrected chi connectivity index (χ3v) is 4.96. The largest absolute Gasteiger partial charge is 0.354 e. The molecule has 2 aromatic rings. The summed E-state index contributed by atoms with van der Waals surface area (Å²) in [5, 5.41) is 11.6. The van der Waals surface area contributed by atoms with Crippen LogP contribution in [-0.4, -0.2) is 33.7 Å². The number of nitrogens with zero attached hydrogens (tertiary/aromatic N) is 2. The van der Waals surface area contributed by atoms with Gasteiger partial charge in [0.25, 0.3) is 0 Å². The van der Waals surface area contributed by atoms with Gasteiger partial charge >= 0.3 is 0 Å². The maximum Gasteiger partial charge on any atom is 0.232 e. The molecule has 26 heavy (non-hydrogen) atoms. The summed E-state index contributed by atoms with van der Waals surface area (Å²) in [6.07, 6.45) is 1.36. The van der Waals surface area contributed by atoms with Crippen molar-refractivity contribution >= 4 is 21.6 Å². The van der Waals surface area contributed by atoms with Crippen LogP contribution in [0, 0.1) is 18.3 Å². The van der Waals surface area contributed by atoms with E-state index < -0.39 is 10.0 Å². The molecular weight excluding hydrogens is 350 g/mol. The van der Waals surface area contributed by atoms with Crippen molar-refractivity contribution in [3.63, 3.8) is 0 Å². The van der Waals surface area contributed by atoms with Crippen LogP contribution >= 0.6 is 0 Å². The molecule has 2 rings (SSSR count). The van der Waals surface area contributed by atoms with Crippen molar-refractivity contribution in [3.05, 3.63) is 65.2 Å². The fraction of sp³-hybridized carbons (Fsp3) is 0.263. The fourth-order valence-corrected chi connectivity index (χ4v) is 3.48. The second-order valence-corrected chi connectivity index (χ2v) is 7.92. The third kappa shape index (κ3) is 5.60. The average Bonchev–Trinajstić information content (AvgIpc) is 2.58. The minimum Gasteiger partial charge on any atom is -0.354 e. The van der Waals surface area contributed by atoms with Gasteiger partial charge < -0.3 is 5.32 Å². The maximum atomic E-state index is 12.1. The fourth-order valence-electron chi connectivity index (χ4n) is 2.56. The van der Waals surface area contributed by atoms with Gasteiger partial charge in [0.1, 0.15) is 0 Å². The van der Waals surface area contributed by atoms with E-state index in [9.17, 15) is 13.2 Å². The van der Waals surface area contributed by atoms with Gasteiger partial charge in [-0.05, 0) is 36.8 Å². The highest BCUT2D eigenvalue weighted by atomic mass is 32.2. The Hall–Kier alpha value is -2.85. The Kier molecular flexibility index (Phi) is 6.36. The molecule has 0 heterocycles. The molecule has 6 nitrogen and oxygen atoms in total. The zero-order valence-electron chi connectivity index (χ0n) is 14.8. The Morgan fingerprint density at radius 2 is 1.88 bits per heavy atom. The van der Waals surface area contributed by atoms with Gasteiger partial charge in [-0.2, -0.15) is 5.26 Å². The smallest absolute Gasteiger partial charge is 0.232 e. The van der Waals surface area contributed by atoms with Crippen molar-refractivity contribution < 1.29 is 13.2 Å². The van der Waals surface area contributed by atoms with E-state index in [1.165, 1.54) is 4.31 Å². The lowest BCUT2D eigenvalue weighted by atomic mass is 10.1. The van der Waals surface area contributed by atoms with Crippen molar-refractivity contribution in [2.45, 2.75) is 13.3 Å². The number of hydrogen-bond donors (Lipinski definition) is 1. The zero-order chi connectivity index (χ0) is 19.2. The minimum atomic E-state index is -3.50. The number of amides is 1. The van der Waals surface area contributed by atoms with E-state index in [2.05, 4.69) is 5.32 Å². The number of carbonyl (C=O) groups excluding carboxylic acids is 1. The zero-order valence-corrected chi connectivity index (χ0v) is 15.6. The molecule has 7 heteroatoms. The van der Waals surface area contributed by atoms with E-state index in [1.54, 1.807) is 24.3 Å². The summed E-state index contributed by atoms with van der Waals surface area (Å²) in [5.74, 6) is -0.163. The van der Waals surface area contributed by atoms with Gasteiger partial charge in [-0.25, -0.2) is 8.42 Å². The highest BCUT2D eigenvalue weighted by Gasteiger charge is 2.17. The van der Waals surface area contributed by atoms with Crippen LogP contribution in [0.1, 0.15) is 16.7 Å². The van der Waals surface area contributed by atoms with Crippen LogP contribution in [0.2, 0.25) is 0 Å². The summed E-state index contributed by atoms with van der Waals surface area (Å²) in [5.41, 5.74) is 2.90. The van der Waals surface area contributed by atoms with Crippen LogP contribution in [0.3, 0.4) is 0 Å². The number of nitriles is 1. The third-order valence-electron chi connectivity index (χ3n) is 3.77. The summed E-state index contributed by atoms with van der Waals surface area (Å²) < 4.78 is 25.3. The Morgan fingerprint density at radius 3 is 2.46 bits per heavy atom. The Labute approximate surface area is 154 Å². The number of aryl methyl sites for hydroxylation is 1. The highest BCUT2D eigenvalue weighted by Crippen LogP contribution is 2.17. The summed E-state index contributed by atoms with van der Waals surface area (Å²) >= 11 is 0. The molecular formula is C19H21N3O3S. The first-order chi connectivity index (χ1) is 12.3. The Morgan fingerprint density at radius 1 is 1.19 bits per heavy atom. The molecule has 0 saturated carbocycles. The van der Waals surface area contributed by atoms with Gasteiger partial charge in [-0.15, -0.1) is 0 Å². The van der Waals surface area contributed by atoms with Crippen LogP contribution in [-0.2, 0) is 21.2 Å².